The van der Waals surface area contributed by atoms with Crippen LogP contribution in [0.3, 0.4) is 0 Å². The van der Waals surface area contributed by atoms with Gasteiger partial charge in [0.25, 0.3) is 0 Å². The highest BCUT2D eigenvalue weighted by Crippen LogP contribution is 2.38. The number of aromatic nitrogens is 3. The molecule has 2 aromatic heterocycles. The molecule has 0 bridgehead atoms. The number of hydrogen-bond acceptors (Lipinski definition) is 4. The van der Waals surface area contributed by atoms with Crippen LogP contribution in [0.15, 0.2) is 23.4 Å². The van der Waals surface area contributed by atoms with E-state index < -0.39 is 5.97 Å². The predicted octanol–water partition coefficient (Wildman–Crippen LogP) is 3.04. The largest absolute Gasteiger partial charge is 0.462 e. The van der Waals surface area contributed by atoms with E-state index in [0.717, 1.165) is 12.8 Å². The molecule has 7 heteroatoms. The topological polar surface area (TPSA) is 77.0 Å². The number of fused-ring (bicyclic) bond motifs is 3. The molecule has 1 aromatic carbocycles. The van der Waals surface area contributed by atoms with Crippen LogP contribution in [0, 0.1) is 0 Å². The fourth-order valence-electron chi connectivity index (χ4n) is 2.90. The first-order valence-corrected chi connectivity index (χ1v) is 7.87. The minimum atomic E-state index is -0.601. The third-order valence-corrected chi connectivity index (χ3v) is 4.38. The van der Waals surface area contributed by atoms with Crippen LogP contribution in [0.5, 0.6) is 0 Å². The number of halogens is 1. The number of carbonyl (C=O) groups excluding carboxylic acids is 1. The van der Waals surface area contributed by atoms with Crippen molar-refractivity contribution in [3.63, 3.8) is 0 Å². The van der Waals surface area contributed by atoms with Crippen molar-refractivity contribution in [3.8, 4) is 0 Å². The van der Waals surface area contributed by atoms with Gasteiger partial charge in [-0.2, -0.15) is 0 Å². The number of nitrogens with zero attached hydrogens (tertiary/aromatic N) is 2. The van der Waals surface area contributed by atoms with Crippen molar-refractivity contribution in [2.45, 2.75) is 25.8 Å². The molecule has 1 aliphatic carbocycles. The Bertz CT molecular complexity index is 1000. The molecule has 4 rings (SSSR count). The van der Waals surface area contributed by atoms with Crippen LogP contribution < -0.4 is 5.43 Å². The third-order valence-electron chi connectivity index (χ3n) is 4.09. The quantitative estimate of drug-likeness (QED) is 0.748. The van der Waals surface area contributed by atoms with E-state index in [1.165, 1.54) is 6.33 Å². The van der Waals surface area contributed by atoms with Gasteiger partial charge in [-0.05, 0) is 25.8 Å². The van der Waals surface area contributed by atoms with Crippen LogP contribution in [0.25, 0.3) is 21.9 Å². The van der Waals surface area contributed by atoms with Crippen molar-refractivity contribution >= 4 is 39.5 Å². The number of benzene rings is 1. The molecule has 23 heavy (non-hydrogen) atoms. The molecule has 6 nitrogen and oxygen atoms in total. The van der Waals surface area contributed by atoms with E-state index in [9.17, 15) is 9.59 Å². The molecule has 1 saturated carbocycles. The van der Waals surface area contributed by atoms with Crippen molar-refractivity contribution in [2.75, 3.05) is 6.61 Å². The van der Waals surface area contributed by atoms with Gasteiger partial charge in [0.15, 0.2) is 0 Å². The SMILES string of the molecule is CCOC(=O)c1cn(C2CC2)c2cc(Cl)c3nc[nH]c3c2c1=O. The lowest BCUT2D eigenvalue weighted by molar-refractivity contribution is 0.0524. The van der Waals surface area contributed by atoms with E-state index >= 15 is 0 Å². The molecule has 1 fully saturated rings. The number of rotatable bonds is 3. The van der Waals surface area contributed by atoms with E-state index in [1.54, 1.807) is 19.2 Å². The highest BCUT2D eigenvalue weighted by atomic mass is 35.5. The standard InChI is InChI=1S/C16H14ClN3O3/c1-2-23-16(22)9-6-20(8-3-4-8)11-5-10(17)13-14(19-7-18-13)12(11)15(9)21/h5-8H,2-4H2,1H3,(H,18,19). The molecule has 0 spiro atoms. The van der Waals surface area contributed by atoms with Gasteiger partial charge in [0.05, 0.1) is 34.4 Å². The first-order chi connectivity index (χ1) is 11.1. The number of esters is 1. The smallest absolute Gasteiger partial charge is 0.343 e. The molecule has 0 saturated heterocycles. The van der Waals surface area contributed by atoms with E-state index in [2.05, 4.69) is 9.97 Å². The molecular weight excluding hydrogens is 318 g/mol. The van der Waals surface area contributed by atoms with Crippen molar-refractivity contribution in [1.82, 2.24) is 14.5 Å². The maximum atomic E-state index is 12.9. The second kappa shape index (κ2) is 5.09. The third kappa shape index (κ3) is 2.13. The van der Waals surface area contributed by atoms with Gasteiger partial charge in [-0.1, -0.05) is 11.6 Å². The molecule has 1 aliphatic rings. The molecule has 0 amide bonds. The van der Waals surface area contributed by atoms with E-state index in [4.69, 9.17) is 16.3 Å². The normalized spacial score (nSPS) is 14.5. The Morgan fingerprint density at radius 1 is 1.52 bits per heavy atom. The number of hydrogen-bond donors (Lipinski definition) is 1. The second-order valence-corrected chi connectivity index (χ2v) is 6.02. The summed E-state index contributed by atoms with van der Waals surface area (Å²) in [6, 6.07) is 2.03. The van der Waals surface area contributed by atoms with Crippen molar-refractivity contribution in [2.24, 2.45) is 0 Å². The second-order valence-electron chi connectivity index (χ2n) is 5.61. The van der Waals surface area contributed by atoms with E-state index in [1.807, 2.05) is 4.57 Å². The number of aromatic amines is 1. The van der Waals surface area contributed by atoms with Crippen LogP contribution in [0.4, 0.5) is 0 Å². The summed E-state index contributed by atoms with van der Waals surface area (Å²) >= 11 is 6.29. The molecule has 0 unspecified atom stereocenters. The summed E-state index contributed by atoms with van der Waals surface area (Å²) in [5.74, 6) is -0.601. The Morgan fingerprint density at radius 3 is 3.00 bits per heavy atom. The lowest BCUT2D eigenvalue weighted by Gasteiger charge is -2.13. The Morgan fingerprint density at radius 2 is 2.30 bits per heavy atom. The lowest BCUT2D eigenvalue weighted by Crippen LogP contribution is -2.21. The zero-order valence-corrected chi connectivity index (χ0v) is 13.2. The summed E-state index contributed by atoms with van der Waals surface area (Å²) in [6.07, 6.45) is 5.12. The summed E-state index contributed by atoms with van der Waals surface area (Å²) in [7, 11) is 0. The minimum Gasteiger partial charge on any atom is -0.462 e. The van der Waals surface area contributed by atoms with Crippen molar-refractivity contribution < 1.29 is 9.53 Å². The average molecular weight is 332 g/mol. The highest BCUT2D eigenvalue weighted by molar-refractivity contribution is 6.36. The van der Waals surface area contributed by atoms with Crippen LogP contribution >= 0.6 is 11.6 Å². The number of ether oxygens (including phenoxy) is 1. The van der Waals surface area contributed by atoms with Crippen LogP contribution in [0.1, 0.15) is 36.2 Å². The zero-order valence-electron chi connectivity index (χ0n) is 12.4. The zero-order chi connectivity index (χ0) is 16.1. The monoisotopic (exact) mass is 331 g/mol. The maximum Gasteiger partial charge on any atom is 0.343 e. The molecule has 2 heterocycles. The fourth-order valence-corrected chi connectivity index (χ4v) is 3.15. The number of pyridine rings is 1. The van der Waals surface area contributed by atoms with Gasteiger partial charge in [0, 0.05) is 12.2 Å². The molecular formula is C16H14ClN3O3. The first kappa shape index (κ1) is 14.3. The van der Waals surface area contributed by atoms with E-state index in [0.29, 0.717) is 27.0 Å². The van der Waals surface area contributed by atoms with Gasteiger partial charge >= 0.3 is 5.97 Å². The van der Waals surface area contributed by atoms with E-state index in [-0.39, 0.29) is 23.6 Å². The Balaban J connectivity index is 2.14. The lowest BCUT2D eigenvalue weighted by atomic mass is 10.1. The van der Waals surface area contributed by atoms with Gasteiger partial charge < -0.3 is 14.3 Å². The number of carbonyl (C=O) groups is 1. The summed E-state index contributed by atoms with van der Waals surface area (Å²) in [4.78, 5) is 32.1. The molecule has 1 N–H and O–H groups in total. The molecule has 0 atom stereocenters. The van der Waals surface area contributed by atoms with Crippen molar-refractivity contribution in [1.29, 1.82) is 0 Å². The van der Waals surface area contributed by atoms with Crippen molar-refractivity contribution in [3.05, 3.63) is 39.4 Å². The summed E-state index contributed by atoms with van der Waals surface area (Å²) < 4.78 is 6.98. The minimum absolute atomic E-state index is 0.0458. The summed E-state index contributed by atoms with van der Waals surface area (Å²) in [6.45, 7) is 1.94. The fraction of sp³-hybridized carbons (Fsp3) is 0.312. The van der Waals surface area contributed by atoms with Gasteiger partial charge in [0.2, 0.25) is 5.43 Å². The Hall–Kier alpha value is -2.34. The molecule has 118 valence electrons. The first-order valence-electron chi connectivity index (χ1n) is 7.49. The average Bonchev–Trinajstić information content (AvgIpc) is 3.23. The highest BCUT2D eigenvalue weighted by Gasteiger charge is 2.28. The van der Waals surface area contributed by atoms with Crippen LogP contribution in [0.2, 0.25) is 5.02 Å². The van der Waals surface area contributed by atoms with Gasteiger partial charge in [-0.25, -0.2) is 9.78 Å². The number of nitrogens with one attached hydrogen (secondary N) is 1. The Kier molecular flexibility index (Phi) is 3.16. The van der Waals surface area contributed by atoms with Gasteiger partial charge in [0.1, 0.15) is 11.1 Å². The molecule has 0 radical (unpaired) electrons. The number of H-pyrrole nitrogens is 1. The van der Waals surface area contributed by atoms with Crippen LogP contribution in [-0.2, 0) is 4.74 Å². The van der Waals surface area contributed by atoms with Crippen LogP contribution in [-0.4, -0.2) is 27.1 Å². The Labute approximate surface area is 136 Å². The van der Waals surface area contributed by atoms with Gasteiger partial charge in [-0.15, -0.1) is 0 Å². The predicted molar refractivity (Wildman–Crippen MR) is 87.1 cm³/mol. The molecule has 3 aromatic rings. The number of imidazole rings is 1. The molecule has 0 aliphatic heterocycles. The summed E-state index contributed by atoms with van der Waals surface area (Å²) in [5.41, 5.74) is 1.48. The van der Waals surface area contributed by atoms with Gasteiger partial charge in [-0.3, -0.25) is 4.79 Å². The maximum absolute atomic E-state index is 12.9. The summed E-state index contributed by atoms with van der Waals surface area (Å²) in [5, 5.41) is 0.908.